The van der Waals surface area contributed by atoms with Crippen LogP contribution in [0.15, 0.2) is 36.5 Å². The SMILES string of the molecule is CCCN(CCC)C(=O)CC(=O)Nc1cccc2cccnc12. The van der Waals surface area contributed by atoms with Crippen LogP contribution in [0.5, 0.6) is 0 Å². The van der Waals surface area contributed by atoms with Gasteiger partial charge < -0.3 is 10.2 Å². The molecule has 0 bridgehead atoms. The predicted molar refractivity (Wildman–Crippen MR) is 92.2 cm³/mol. The molecule has 23 heavy (non-hydrogen) atoms. The van der Waals surface area contributed by atoms with Crippen LogP contribution in [0.4, 0.5) is 5.69 Å². The molecule has 0 fully saturated rings. The van der Waals surface area contributed by atoms with Crippen molar-refractivity contribution >= 4 is 28.4 Å². The number of nitrogens with zero attached hydrogens (tertiary/aromatic N) is 2. The van der Waals surface area contributed by atoms with Crippen LogP contribution in [-0.2, 0) is 9.59 Å². The molecule has 1 heterocycles. The molecule has 0 aliphatic carbocycles. The van der Waals surface area contributed by atoms with Gasteiger partial charge in [-0.1, -0.05) is 32.0 Å². The van der Waals surface area contributed by atoms with E-state index in [2.05, 4.69) is 10.3 Å². The van der Waals surface area contributed by atoms with Gasteiger partial charge in [-0.05, 0) is 25.0 Å². The lowest BCUT2D eigenvalue weighted by Gasteiger charge is -2.21. The summed E-state index contributed by atoms with van der Waals surface area (Å²) >= 11 is 0. The minimum absolute atomic E-state index is 0.126. The minimum atomic E-state index is -0.301. The van der Waals surface area contributed by atoms with Crippen molar-refractivity contribution in [3.63, 3.8) is 0 Å². The average Bonchev–Trinajstić information content (AvgIpc) is 2.55. The molecule has 0 aliphatic heterocycles. The fourth-order valence-electron chi connectivity index (χ4n) is 2.55. The molecule has 0 saturated heterocycles. The van der Waals surface area contributed by atoms with Crippen molar-refractivity contribution < 1.29 is 9.59 Å². The number of carbonyl (C=O) groups excluding carboxylic acids is 2. The van der Waals surface area contributed by atoms with Crippen LogP contribution < -0.4 is 5.32 Å². The Balaban J connectivity index is 2.05. The van der Waals surface area contributed by atoms with E-state index in [9.17, 15) is 9.59 Å². The van der Waals surface area contributed by atoms with Crippen molar-refractivity contribution in [2.75, 3.05) is 18.4 Å². The second kappa shape index (κ2) is 8.27. The summed E-state index contributed by atoms with van der Waals surface area (Å²) in [5.41, 5.74) is 1.37. The van der Waals surface area contributed by atoms with Crippen molar-refractivity contribution in [2.45, 2.75) is 33.1 Å². The summed E-state index contributed by atoms with van der Waals surface area (Å²) < 4.78 is 0. The molecule has 5 heteroatoms. The molecule has 0 unspecified atom stereocenters. The molecule has 0 spiro atoms. The lowest BCUT2D eigenvalue weighted by atomic mass is 10.2. The maximum Gasteiger partial charge on any atom is 0.233 e. The van der Waals surface area contributed by atoms with Gasteiger partial charge >= 0.3 is 0 Å². The first-order chi connectivity index (χ1) is 11.2. The zero-order valence-corrected chi connectivity index (χ0v) is 13.7. The van der Waals surface area contributed by atoms with E-state index in [1.807, 2.05) is 38.1 Å². The molecule has 0 radical (unpaired) electrons. The Morgan fingerprint density at radius 2 is 1.78 bits per heavy atom. The Morgan fingerprint density at radius 3 is 2.48 bits per heavy atom. The quantitative estimate of drug-likeness (QED) is 0.798. The number of fused-ring (bicyclic) bond motifs is 1. The van der Waals surface area contributed by atoms with Crippen LogP contribution in [0.1, 0.15) is 33.1 Å². The van der Waals surface area contributed by atoms with Crippen LogP contribution in [-0.4, -0.2) is 34.8 Å². The smallest absolute Gasteiger partial charge is 0.233 e. The third-order valence-electron chi connectivity index (χ3n) is 3.56. The first kappa shape index (κ1) is 16.9. The zero-order chi connectivity index (χ0) is 16.7. The number of rotatable bonds is 7. The summed E-state index contributed by atoms with van der Waals surface area (Å²) in [7, 11) is 0. The number of carbonyl (C=O) groups is 2. The number of benzene rings is 1. The van der Waals surface area contributed by atoms with E-state index in [1.54, 1.807) is 17.2 Å². The normalized spacial score (nSPS) is 10.5. The van der Waals surface area contributed by atoms with Crippen molar-refractivity contribution in [1.29, 1.82) is 0 Å². The van der Waals surface area contributed by atoms with Crippen LogP contribution >= 0.6 is 0 Å². The molecule has 1 aromatic carbocycles. The van der Waals surface area contributed by atoms with Crippen molar-refractivity contribution in [1.82, 2.24) is 9.88 Å². The van der Waals surface area contributed by atoms with Gasteiger partial charge in [0.05, 0.1) is 11.2 Å². The van der Waals surface area contributed by atoms with Crippen LogP contribution in [0, 0.1) is 0 Å². The number of hydrogen-bond acceptors (Lipinski definition) is 3. The predicted octanol–water partition coefficient (Wildman–Crippen LogP) is 3.21. The van der Waals surface area contributed by atoms with Gasteiger partial charge in [-0.25, -0.2) is 0 Å². The summed E-state index contributed by atoms with van der Waals surface area (Å²) in [6, 6.07) is 9.39. The van der Waals surface area contributed by atoms with E-state index >= 15 is 0 Å². The van der Waals surface area contributed by atoms with Crippen molar-refractivity contribution in [2.24, 2.45) is 0 Å². The lowest BCUT2D eigenvalue weighted by molar-refractivity contribution is -0.134. The third-order valence-corrected chi connectivity index (χ3v) is 3.56. The average molecular weight is 313 g/mol. The molecule has 2 rings (SSSR count). The highest BCUT2D eigenvalue weighted by atomic mass is 16.2. The molecular formula is C18H23N3O2. The second-order valence-electron chi connectivity index (χ2n) is 5.49. The highest BCUT2D eigenvalue weighted by molar-refractivity contribution is 6.07. The molecule has 2 aromatic rings. The molecule has 0 atom stereocenters. The Morgan fingerprint density at radius 1 is 1.09 bits per heavy atom. The van der Waals surface area contributed by atoms with Crippen molar-refractivity contribution in [3.05, 3.63) is 36.5 Å². The maximum atomic E-state index is 12.2. The molecule has 2 amide bonds. The Kier molecular flexibility index (Phi) is 6.09. The largest absolute Gasteiger partial charge is 0.342 e. The minimum Gasteiger partial charge on any atom is -0.342 e. The van der Waals surface area contributed by atoms with Gasteiger partial charge in [-0.15, -0.1) is 0 Å². The van der Waals surface area contributed by atoms with E-state index in [4.69, 9.17) is 0 Å². The van der Waals surface area contributed by atoms with Gasteiger partial charge in [0.2, 0.25) is 11.8 Å². The maximum absolute atomic E-state index is 12.2. The van der Waals surface area contributed by atoms with Gasteiger partial charge in [0.1, 0.15) is 6.42 Å². The Bertz CT molecular complexity index is 674. The number of para-hydroxylation sites is 1. The van der Waals surface area contributed by atoms with Crippen molar-refractivity contribution in [3.8, 4) is 0 Å². The number of aromatic nitrogens is 1. The fourth-order valence-corrected chi connectivity index (χ4v) is 2.55. The summed E-state index contributed by atoms with van der Waals surface area (Å²) in [5.74, 6) is -0.426. The Hall–Kier alpha value is -2.43. The number of nitrogens with one attached hydrogen (secondary N) is 1. The summed E-state index contributed by atoms with van der Waals surface area (Å²) in [6.45, 7) is 5.43. The number of anilines is 1. The zero-order valence-electron chi connectivity index (χ0n) is 13.7. The monoisotopic (exact) mass is 313 g/mol. The Labute approximate surface area is 136 Å². The van der Waals surface area contributed by atoms with Gasteiger partial charge in [0.25, 0.3) is 0 Å². The van der Waals surface area contributed by atoms with Gasteiger partial charge in [-0.2, -0.15) is 0 Å². The number of hydrogen-bond donors (Lipinski definition) is 1. The summed E-state index contributed by atoms with van der Waals surface area (Å²) in [4.78, 5) is 30.5. The fraction of sp³-hybridized carbons (Fsp3) is 0.389. The first-order valence-electron chi connectivity index (χ1n) is 8.07. The van der Waals surface area contributed by atoms with E-state index in [0.717, 1.165) is 23.7 Å². The molecule has 122 valence electrons. The topological polar surface area (TPSA) is 62.3 Å². The summed E-state index contributed by atoms with van der Waals surface area (Å²) in [5, 5.41) is 3.76. The standard InChI is InChI=1S/C18H23N3O2/c1-3-11-21(12-4-2)17(23)13-16(22)20-15-9-5-7-14-8-6-10-19-18(14)15/h5-10H,3-4,11-13H2,1-2H3,(H,20,22). The highest BCUT2D eigenvalue weighted by Gasteiger charge is 2.16. The van der Waals surface area contributed by atoms with E-state index in [0.29, 0.717) is 18.8 Å². The first-order valence-corrected chi connectivity index (χ1v) is 8.07. The van der Waals surface area contributed by atoms with E-state index in [-0.39, 0.29) is 18.2 Å². The molecule has 5 nitrogen and oxygen atoms in total. The molecule has 0 aliphatic rings. The third kappa shape index (κ3) is 4.52. The van der Waals surface area contributed by atoms with Gasteiger partial charge in [0, 0.05) is 24.7 Å². The number of pyridine rings is 1. The second-order valence-corrected chi connectivity index (χ2v) is 5.49. The number of amides is 2. The molecule has 1 aromatic heterocycles. The lowest BCUT2D eigenvalue weighted by Crippen LogP contribution is -2.35. The van der Waals surface area contributed by atoms with Crippen LogP contribution in [0.3, 0.4) is 0 Å². The summed E-state index contributed by atoms with van der Waals surface area (Å²) in [6.07, 6.45) is 3.33. The highest BCUT2D eigenvalue weighted by Crippen LogP contribution is 2.20. The molecular weight excluding hydrogens is 290 g/mol. The molecule has 1 N–H and O–H groups in total. The van der Waals surface area contributed by atoms with E-state index in [1.165, 1.54) is 0 Å². The van der Waals surface area contributed by atoms with E-state index < -0.39 is 0 Å². The van der Waals surface area contributed by atoms with Gasteiger partial charge in [-0.3, -0.25) is 14.6 Å². The molecule has 0 saturated carbocycles. The van der Waals surface area contributed by atoms with Crippen LogP contribution in [0.25, 0.3) is 10.9 Å². The van der Waals surface area contributed by atoms with Crippen LogP contribution in [0.2, 0.25) is 0 Å². The van der Waals surface area contributed by atoms with Gasteiger partial charge in [0.15, 0.2) is 0 Å².